The summed E-state index contributed by atoms with van der Waals surface area (Å²) in [5.74, 6) is 0.714. The van der Waals surface area contributed by atoms with E-state index in [1.807, 2.05) is 0 Å². The molecule has 0 aromatic heterocycles. The Morgan fingerprint density at radius 1 is 0.760 bits per heavy atom. The molecule has 2 aromatic rings. The van der Waals surface area contributed by atoms with Crippen LogP contribution in [0.3, 0.4) is 0 Å². The molecule has 3 aliphatic rings. The fourth-order valence-electron chi connectivity index (χ4n) is 5.20. The summed E-state index contributed by atoms with van der Waals surface area (Å²) in [7, 11) is 0. The number of hydrogen-bond donors (Lipinski definition) is 0. The molecule has 128 valence electrons. The van der Waals surface area contributed by atoms with Gasteiger partial charge in [-0.3, -0.25) is 10.0 Å². The summed E-state index contributed by atoms with van der Waals surface area (Å²) in [5.41, 5.74) is 4.25. The van der Waals surface area contributed by atoms with Crippen LogP contribution in [0, 0.1) is 5.92 Å². The summed E-state index contributed by atoms with van der Waals surface area (Å²) in [5, 5.41) is 5.14. The Bertz CT molecular complexity index is 759. The van der Waals surface area contributed by atoms with E-state index in [2.05, 4.69) is 76.9 Å². The van der Waals surface area contributed by atoms with Crippen LogP contribution in [0.25, 0.3) is 6.08 Å². The van der Waals surface area contributed by atoms with Crippen LogP contribution in [0.5, 0.6) is 0 Å². The number of benzene rings is 2. The molecule has 2 fully saturated rings. The van der Waals surface area contributed by atoms with Crippen LogP contribution < -0.4 is 5.01 Å². The largest absolute Gasteiger partial charge is 0.284 e. The van der Waals surface area contributed by atoms with Crippen molar-refractivity contribution in [2.75, 3.05) is 5.01 Å². The second-order valence-electron chi connectivity index (χ2n) is 7.67. The van der Waals surface area contributed by atoms with E-state index in [1.165, 1.54) is 55.3 Å². The first kappa shape index (κ1) is 15.1. The Hall–Kier alpha value is -2.22. The summed E-state index contributed by atoms with van der Waals surface area (Å²) in [4.78, 5) is 0. The lowest BCUT2D eigenvalue weighted by atomic mass is 9.79. The number of hydrogen-bond acceptors (Lipinski definition) is 2. The van der Waals surface area contributed by atoms with Gasteiger partial charge in [0.25, 0.3) is 0 Å². The van der Waals surface area contributed by atoms with Crippen LogP contribution in [-0.4, -0.2) is 11.1 Å². The van der Waals surface area contributed by atoms with Gasteiger partial charge in [0, 0.05) is 12.1 Å². The van der Waals surface area contributed by atoms with Crippen molar-refractivity contribution in [1.82, 2.24) is 5.01 Å². The molecule has 2 aliphatic heterocycles. The molecule has 2 heterocycles. The highest BCUT2D eigenvalue weighted by atomic mass is 15.7. The quantitative estimate of drug-likeness (QED) is 0.653. The number of anilines is 1. The van der Waals surface area contributed by atoms with Gasteiger partial charge in [-0.05, 0) is 42.2 Å². The summed E-state index contributed by atoms with van der Waals surface area (Å²) in [6.45, 7) is 0. The molecule has 1 aliphatic carbocycles. The van der Waals surface area contributed by atoms with Crippen molar-refractivity contribution in [2.45, 2.75) is 50.6 Å². The van der Waals surface area contributed by atoms with E-state index in [0.717, 1.165) is 0 Å². The first-order valence-corrected chi connectivity index (χ1v) is 9.83. The molecule has 0 spiro atoms. The van der Waals surface area contributed by atoms with E-state index in [4.69, 9.17) is 0 Å². The molecule has 0 radical (unpaired) electrons. The molecular formula is C23H26N2. The lowest BCUT2D eigenvalue weighted by molar-refractivity contribution is 0.274. The smallest absolute Gasteiger partial charge is 0.0803 e. The average molecular weight is 330 g/mol. The molecule has 0 amide bonds. The highest BCUT2D eigenvalue weighted by molar-refractivity contribution is 5.60. The van der Waals surface area contributed by atoms with E-state index in [-0.39, 0.29) is 0 Å². The predicted octanol–water partition coefficient (Wildman–Crippen LogP) is 5.79. The van der Waals surface area contributed by atoms with Gasteiger partial charge in [-0.1, -0.05) is 68.1 Å². The van der Waals surface area contributed by atoms with E-state index in [9.17, 15) is 0 Å². The lowest BCUT2D eigenvalue weighted by Gasteiger charge is -2.37. The maximum absolute atomic E-state index is 2.60. The molecule has 0 unspecified atom stereocenters. The number of hydrazine groups is 1. The Balaban J connectivity index is 1.63. The summed E-state index contributed by atoms with van der Waals surface area (Å²) in [6.07, 6.45) is 12.8. The second-order valence-corrected chi connectivity index (χ2v) is 7.67. The summed E-state index contributed by atoms with van der Waals surface area (Å²) >= 11 is 0. The van der Waals surface area contributed by atoms with Crippen LogP contribution in [0.2, 0.25) is 0 Å². The third-order valence-corrected chi connectivity index (χ3v) is 6.28. The first-order chi connectivity index (χ1) is 12.4. The van der Waals surface area contributed by atoms with Gasteiger partial charge in [0.1, 0.15) is 0 Å². The monoisotopic (exact) mass is 330 g/mol. The Labute approximate surface area is 150 Å². The topological polar surface area (TPSA) is 6.48 Å². The van der Waals surface area contributed by atoms with Crippen molar-refractivity contribution in [1.29, 1.82) is 0 Å². The molecule has 5 rings (SSSR count). The minimum absolute atomic E-state index is 0.490. The Kier molecular flexibility index (Phi) is 3.77. The molecule has 1 saturated heterocycles. The van der Waals surface area contributed by atoms with E-state index in [1.54, 1.807) is 0 Å². The maximum Gasteiger partial charge on any atom is 0.0803 e. The molecule has 0 N–H and O–H groups in total. The lowest BCUT2D eigenvalue weighted by Crippen LogP contribution is -2.40. The van der Waals surface area contributed by atoms with E-state index < -0.39 is 0 Å². The fraction of sp³-hybridized carbons (Fsp3) is 0.391. The molecule has 2 nitrogen and oxygen atoms in total. The summed E-state index contributed by atoms with van der Waals surface area (Å²) in [6, 6.07) is 21.1. The first-order valence-electron chi connectivity index (χ1n) is 9.83. The molecule has 0 bridgehead atoms. The van der Waals surface area contributed by atoms with Crippen molar-refractivity contribution in [3.8, 4) is 0 Å². The fourth-order valence-corrected chi connectivity index (χ4v) is 5.20. The number of fused-ring (bicyclic) bond motifs is 5. The second kappa shape index (κ2) is 6.25. The van der Waals surface area contributed by atoms with E-state index in [0.29, 0.717) is 18.0 Å². The van der Waals surface area contributed by atoms with Crippen molar-refractivity contribution < 1.29 is 0 Å². The molecular weight excluding hydrogens is 304 g/mol. The van der Waals surface area contributed by atoms with Gasteiger partial charge in [-0.2, -0.15) is 0 Å². The van der Waals surface area contributed by atoms with Gasteiger partial charge in [-0.15, -0.1) is 0 Å². The van der Waals surface area contributed by atoms with Gasteiger partial charge >= 0.3 is 0 Å². The molecule has 25 heavy (non-hydrogen) atoms. The van der Waals surface area contributed by atoms with Crippen molar-refractivity contribution in [3.05, 3.63) is 71.9 Å². The molecule has 2 aromatic carbocycles. The van der Waals surface area contributed by atoms with E-state index >= 15 is 0 Å². The van der Waals surface area contributed by atoms with Gasteiger partial charge in [-0.25, -0.2) is 0 Å². The van der Waals surface area contributed by atoms with Gasteiger partial charge in [0.05, 0.1) is 17.8 Å². The SMILES string of the molecule is C1=CN2[C@@H](c3ccccc31)[C@@H]1CCCCCC[C@H]1N2c1ccccc1. The number of nitrogens with zero attached hydrogens (tertiary/aromatic N) is 2. The standard InChI is InChI=1S/C23H26N2/c1-2-7-15-22-21(14-6-1)23-20-13-9-8-10-18(20)16-17-24(23)25(22)19-11-4-3-5-12-19/h3-5,8-13,16-17,21-23H,1-2,6-7,14-15H2/t21-,22-,23+/m1/s1. The van der Waals surface area contributed by atoms with Crippen LogP contribution in [0.1, 0.15) is 55.7 Å². The zero-order chi connectivity index (χ0) is 16.6. The Morgan fingerprint density at radius 3 is 2.40 bits per heavy atom. The predicted molar refractivity (Wildman–Crippen MR) is 104 cm³/mol. The maximum atomic E-state index is 2.60. The zero-order valence-electron chi connectivity index (χ0n) is 14.7. The van der Waals surface area contributed by atoms with Gasteiger partial charge in [0.15, 0.2) is 0 Å². The molecule has 2 heteroatoms. The van der Waals surface area contributed by atoms with Crippen LogP contribution in [0.15, 0.2) is 60.8 Å². The highest BCUT2D eigenvalue weighted by Crippen LogP contribution is 2.50. The highest BCUT2D eigenvalue weighted by Gasteiger charge is 2.48. The van der Waals surface area contributed by atoms with Crippen LogP contribution in [-0.2, 0) is 0 Å². The normalized spacial score (nSPS) is 27.9. The van der Waals surface area contributed by atoms with Crippen LogP contribution >= 0.6 is 0 Å². The minimum atomic E-state index is 0.490. The zero-order valence-corrected chi connectivity index (χ0v) is 14.7. The third kappa shape index (κ3) is 2.47. The minimum Gasteiger partial charge on any atom is -0.284 e. The number of para-hydroxylation sites is 1. The Morgan fingerprint density at radius 2 is 1.52 bits per heavy atom. The molecule has 3 atom stereocenters. The third-order valence-electron chi connectivity index (χ3n) is 6.28. The van der Waals surface area contributed by atoms with Crippen LogP contribution in [0.4, 0.5) is 5.69 Å². The average Bonchev–Trinajstić information content (AvgIpc) is 2.95. The van der Waals surface area contributed by atoms with Gasteiger partial charge < -0.3 is 0 Å². The van der Waals surface area contributed by atoms with Gasteiger partial charge in [0.2, 0.25) is 0 Å². The van der Waals surface area contributed by atoms with Crippen molar-refractivity contribution in [3.63, 3.8) is 0 Å². The summed E-state index contributed by atoms with van der Waals surface area (Å²) < 4.78 is 0. The van der Waals surface area contributed by atoms with Crippen molar-refractivity contribution in [2.24, 2.45) is 5.92 Å². The number of rotatable bonds is 1. The molecule has 1 saturated carbocycles. The van der Waals surface area contributed by atoms with Crippen molar-refractivity contribution >= 4 is 11.8 Å².